The third-order valence-corrected chi connectivity index (χ3v) is 5.19. The van der Waals surface area contributed by atoms with E-state index in [1.165, 1.54) is 0 Å². The van der Waals surface area contributed by atoms with E-state index in [1.54, 1.807) is 7.11 Å². The van der Waals surface area contributed by atoms with E-state index >= 15 is 0 Å². The van der Waals surface area contributed by atoms with Crippen molar-refractivity contribution in [2.45, 2.75) is 25.9 Å². The Morgan fingerprint density at radius 3 is 2.79 bits per heavy atom. The minimum Gasteiger partial charge on any atom is -0.497 e. The van der Waals surface area contributed by atoms with Crippen molar-refractivity contribution in [3.8, 4) is 17.0 Å². The second-order valence-corrected chi connectivity index (χ2v) is 7.10. The quantitative estimate of drug-likeness (QED) is 0.727. The van der Waals surface area contributed by atoms with Gasteiger partial charge in [0.05, 0.1) is 30.0 Å². The summed E-state index contributed by atoms with van der Waals surface area (Å²) in [7, 11) is 1.64. The third-order valence-electron chi connectivity index (χ3n) is 5.19. The van der Waals surface area contributed by atoms with Gasteiger partial charge in [-0.15, -0.1) is 0 Å². The summed E-state index contributed by atoms with van der Waals surface area (Å²) >= 11 is 0. The SMILES string of the molecule is COc1ccc(-c2cc(C(=O)NC[C@H]3CCCO3)c3cccc(C)c3n2)cc1. The van der Waals surface area contributed by atoms with Crippen molar-refractivity contribution in [2.24, 2.45) is 0 Å². The second kappa shape index (κ2) is 7.98. The van der Waals surface area contributed by atoms with Crippen molar-refractivity contribution in [1.82, 2.24) is 10.3 Å². The van der Waals surface area contributed by atoms with E-state index in [9.17, 15) is 4.79 Å². The van der Waals surface area contributed by atoms with Crippen LogP contribution in [0.25, 0.3) is 22.2 Å². The largest absolute Gasteiger partial charge is 0.497 e. The van der Waals surface area contributed by atoms with Gasteiger partial charge in [0.25, 0.3) is 5.91 Å². The number of aryl methyl sites for hydroxylation is 1. The molecule has 0 unspecified atom stereocenters. The number of rotatable bonds is 5. The van der Waals surface area contributed by atoms with Gasteiger partial charge in [-0.05, 0) is 55.7 Å². The smallest absolute Gasteiger partial charge is 0.252 e. The van der Waals surface area contributed by atoms with Crippen LogP contribution in [-0.4, -0.2) is 37.3 Å². The van der Waals surface area contributed by atoms with Crippen LogP contribution in [0.4, 0.5) is 0 Å². The molecule has 4 rings (SSSR count). The van der Waals surface area contributed by atoms with Crippen LogP contribution in [0.3, 0.4) is 0 Å². The molecular formula is C23H24N2O3. The van der Waals surface area contributed by atoms with E-state index in [-0.39, 0.29) is 12.0 Å². The maximum absolute atomic E-state index is 13.0. The molecule has 1 N–H and O–H groups in total. The molecule has 1 aliphatic heterocycles. The van der Waals surface area contributed by atoms with Crippen molar-refractivity contribution in [3.63, 3.8) is 0 Å². The van der Waals surface area contributed by atoms with Crippen molar-refractivity contribution >= 4 is 16.8 Å². The Kier molecular flexibility index (Phi) is 5.26. The zero-order chi connectivity index (χ0) is 19.5. The highest BCUT2D eigenvalue weighted by molar-refractivity contribution is 6.07. The number of carbonyl (C=O) groups excluding carboxylic acids is 1. The predicted molar refractivity (Wildman–Crippen MR) is 110 cm³/mol. The number of ether oxygens (including phenoxy) is 2. The first kappa shape index (κ1) is 18.4. The number of amides is 1. The number of benzene rings is 2. The molecule has 1 atom stereocenters. The molecule has 0 radical (unpaired) electrons. The van der Waals surface area contributed by atoms with E-state index in [1.807, 2.05) is 55.5 Å². The Morgan fingerprint density at radius 1 is 1.25 bits per heavy atom. The van der Waals surface area contributed by atoms with Crippen LogP contribution in [0, 0.1) is 6.92 Å². The monoisotopic (exact) mass is 376 g/mol. The van der Waals surface area contributed by atoms with Crippen LogP contribution < -0.4 is 10.1 Å². The van der Waals surface area contributed by atoms with Crippen LogP contribution in [0.2, 0.25) is 0 Å². The zero-order valence-electron chi connectivity index (χ0n) is 16.2. The van der Waals surface area contributed by atoms with E-state index < -0.39 is 0 Å². The fourth-order valence-electron chi connectivity index (χ4n) is 3.60. The number of fused-ring (bicyclic) bond motifs is 1. The van der Waals surface area contributed by atoms with E-state index in [2.05, 4.69) is 5.32 Å². The molecule has 28 heavy (non-hydrogen) atoms. The van der Waals surface area contributed by atoms with Crippen LogP contribution in [0.15, 0.2) is 48.5 Å². The number of hydrogen-bond donors (Lipinski definition) is 1. The summed E-state index contributed by atoms with van der Waals surface area (Å²) in [5, 5.41) is 3.90. The normalized spacial score (nSPS) is 16.3. The average Bonchev–Trinajstić information content (AvgIpc) is 3.25. The molecule has 0 bridgehead atoms. The molecule has 144 valence electrons. The second-order valence-electron chi connectivity index (χ2n) is 7.10. The van der Waals surface area contributed by atoms with Crippen molar-refractivity contribution < 1.29 is 14.3 Å². The van der Waals surface area contributed by atoms with Gasteiger partial charge in [-0.1, -0.05) is 18.2 Å². The fourth-order valence-corrected chi connectivity index (χ4v) is 3.60. The standard InChI is InChI=1S/C23H24N2O3/c1-15-5-3-7-19-20(23(26)24-14-18-6-4-12-28-18)13-21(25-22(15)19)16-8-10-17(27-2)11-9-16/h3,5,7-11,13,18H,4,6,12,14H2,1-2H3,(H,24,26)/t18-/m1/s1. The van der Waals surface area contributed by atoms with Gasteiger partial charge in [0, 0.05) is 24.1 Å². The number of pyridine rings is 1. The Balaban J connectivity index is 1.72. The molecule has 1 fully saturated rings. The molecule has 5 nitrogen and oxygen atoms in total. The lowest BCUT2D eigenvalue weighted by molar-refractivity contribution is 0.0859. The molecule has 5 heteroatoms. The summed E-state index contributed by atoms with van der Waals surface area (Å²) in [6, 6.07) is 15.5. The van der Waals surface area contributed by atoms with Gasteiger partial charge < -0.3 is 14.8 Å². The number of nitrogens with zero attached hydrogens (tertiary/aromatic N) is 1. The van der Waals surface area contributed by atoms with Crippen molar-refractivity contribution in [1.29, 1.82) is 0 Å². The zero-order valence-corrected chi connectivity index (χ0v) is 16.2. The molecule has 0 spiro atoms. The first-order valence-electron chi connectivity index (χ1n) is 9.60. The number of nitrogens with one attached hydrogen (secondary N) is 1. The highest BCUT2D eigenvalue weighted by atomic mass is 16.5. The lowest BCUT2D eigenvalue weighted by Gasteiger charge is -2.14. The molecule has 2 heterocycles. The van der Waals surface area contributed by atoms with Crippen molar-refractivity contribution in [2.75, 3.05) is 20.3 Å². The molecule has 1 aromatic heterocycles. The maximum Gasteiger partial charge on any atom is 0.252 e. The van der Waals surface area contributed by atoms with Crippen LogP contribution in [0.5, 0.6) is 5.75 Å². The fraction of sp³-hybridized carbons (Fsp3) is 0.304. The number of aromatic nitrogens is 1. The average molecular weight is 376 g/mol. The molecule has 3 aromatic rings. The maximum atomic E-state index is 13.0. The predicted octanol–water partition coefficient (Wildman–Crippen LogP) is 4.13. The van der Waals surface area contributed by atoms with Gasteiger partial charge in [-0.25, -0.2) is 4.98 Å². The third kappa shape index (κ3) is 3.71. The van der Waals surface area contributed by atoms with E-state index in [4.69, 9.17) is 14.5 Å². The first-order valence-corrected chi connectivity index (χ1v) is 9.60. The van der Waals surface area contributed by atoms with Gasteiger partial charge in [0.15, 0.2) is 0 Å². The lowest BCUT2D eigenvalue weighted by Crippen LogP contribution is -2.32. The molecule has 0 saturated carbocycles. The first-order chi connectivity index (χ1) is 13.7. The van der Waals surface area contributed by atoms with Crippen LogP contribution >= 0.6 is 0 Å². The summed E-state index contributed by atoms with van der Waals surface area (Å²) < 4.78 is 10.9. The van der Waals surface area contributed by atoms with Gasteiger partial charge in [0.1, 0.15) is 5.75 Å². The minimum atomic E-state index is -0.0942. The Bertz CT molecular complexity index is 993. The summed E-state index contributed by atoms with van der Waals surface area (Å²) in [6.07, 6.45) is 2.16. The summed E-state index contributed by atoms with van der Waals surface area (Å²) in [6.45, 7) is 3.33. The van der Waals surface area contributed by atoms with E-state index in [0.29, 0.717) is 12.1 Å². The summed E-state index contributed by atoms with van der Waals surface area (Å²) in [5.74, 6) is 0.693. The van der Waals surface area contributed by atoms with Gasteiger partial charge in [-0.2, -0.15) is 0 Å². The van der Waals surface area contributed by atoms with Crippen molar-refractivity contribution in [3.05, 3.63) is 59.7 Å². The lowest BCUT2D eigenvalue weighted by atomic mass is 10.0. The number of carbonyl (C=O) groups is 1. The summed E-state index contributed by atoms with van der Waals surface area (Å²) in [5.41, 5.74) is 4.24. The molecular weight excluding hydrogens is 352 g/mol. The minimum absolute atomic E-state index is 0.0942. The van der Waals surface area contributed by atoms with Crippen LogP contribution in [0.1, 0.15) is 28.8 Å². The topological polar surface area (TPSA) is 60.5 Å². The van der Waals surface area contributed by atoms with Gasteiger partial charge >= 0.3 is 0 Å². The Morgan fingerprint density at radius 2 is 2.07 bits per heavy atom. The van der Waals surface area contributed by atoms with Gasteiger partial charge in [0.2, 0.25) is 0 Å². The highest BCUT2D eigenvalue weighted by Crippen LogP contribution is 2.28. The Labute approximate surface area is 164 Å². The molecule has 1 amide bonds. The van der Waals surface area contributed by atoms with E-state index in [0.717, 1.165) is 52.9 Å². The summed E-state index contributed by atoms with van der Waals surface area (Å²) in [4.78, 5) is 17.8. The Hall–Kier alpha value is -2.92. The van der Waals surface area contributed by atoms with Crippen LogP contribution in [-0.2, 0) is 4.74 Å². The molecule has 2 aromatic carbocycles. The number of methoxy groups -OCH3 is 1. The number of hydrogen-bond acceptors (Lipinski definition) is 4. The highest BCUT2D eigenvalue weighted by Gasteiger charge is 2.19. The molecule has 0 aliphatic carbocycles. The molecule has 1 aliphatic rings. The number of para-hydroxylation sites is 1. The van der Waals surface area contributed by atoms with Gasteiger partial charge in [-0.3, -0.25) is 4.79 Å². The molecule has 1 saturated heterocycles.